The zero-order valence-corrected chi connectivity index (χ0v) is 9.74. The van der Waals surface area contributed by atoms with Gasteiger partial charge in [0.25, 0.3) is 0 Å². The smallest absolute Gasteiger partial charge is 0.142 e. The molecule has 1 atom stereocenters. The molecule has 0 aromatic carbocycles. The highest BCUT2D eigenvalue weighted by Gasteiger charge is 2.17. The molecule has 4 N–H and O–H groups in total. The Kier molecular flexibility index (Phi) is 2.72. The van der Waals surface area contributed by atoms with Gasteiger partial charge in [-0.15, -0.1) is 0 Å². The molecule has 6 heteroatoms. The van der Waals surface area contributed by atoms with Crippen LogP contribution in [0.2, 0.25) is 0 Å². The van der Waals surface area contributed by atoms with Gasteiger partial charge in [-0.05, 0) is 22.9 Å². The molecule has 1 unspecified atom stereocenters. The number of hydrogen-bond donors (Lipinski definition) is 3. The van der Waals surface area contributed by atoms with Crippen molar-refractivity contribution in [3.05, 3.63) is 22.2 Å². The van der Waals surface area contributed by atoms with Crippen molar-refractivity contribution in [1.29, 1.82) is 0 Å². The number of rotatable bonds is 2. The number of H-pyrrole nitrogens is 1. The van der Waals surface area contributed by atoms with Crippen LogP contribution < -0.4 is 5.73 Å². The van der Waals surface area contributed by atoms with Crippen LogP contribution in [-0.2, 0) is 0 Å². The van der Waals surface area contributed by atoms with Crippen molar-refractivity contribution in [3.8, 4) is 0 Å². The summed E-state index contributed by atoms with van der Waals surface area (Å²) in [6, 6.07) is 0. The predicted molar refractivity (Wildman–Crippen MR) is 60.3 cm³/mol. The summed E-state index contributed by atoms with van der Waals surface area (Å²) in [7, 11) is 0. The molecular weight excluding hydrogens is 260 g/mol. The molecule has 2 heterocycles. The third-order valence-corrected chi connectivity index (χ3v) is 2.85. The lowest BCUT2D eigenvalue weighted by Gasteiger charge is -2.06. The van der Waals surface area contributed by atoms with Crippen molar-refractivity contribution in [1.82, 2.24) is 15.0 Å². The Balaban J connectivity index is 2.68. The van der Waals surface area contributed by atoms with E-state index in [9.17, 15) is 5.11 Å². The summed E-state index contributed by atoms with van der Waals surface area (Å²) in [5.41, 5.74) is 6.85. The van der Waals surface area contributed by atoms with Crippen LogP contribution in [0.5, 0.6) is 0 Å². The number of aliphatic hydroxyl groups excluding tert-OH is 1. The zero-order chi connectivity index (χ0) is 11.0. The van der Waals surface area contributed by atoms with Gasteiger partial charge in [0.1, 0.15) is 11.5 Å². The topological polar surface area (TPSA) is 87.8 Å². The fourth-order valence-electron chi connectivity index (χ4n) is 1.50. The Labute approximate surface area is 94.9 Å². The van der Waals surface area contributed by atoms with Crippen LogP contribution in [0.15, 0.2) is 10.8 Å². The monoisotopic (exact) mass is 270 g/mol. The predicted octanol–water partition coefficient (Wildman–Crippen LogP) is 1.02. The second-order valence-electron chi connectivity index (χ2n) is 3.28. The van der Waals surface area contributed by atoms with Crippen molar-refractivity contribution >= 4 is 27.0 Å². The molecule has 0 fully saturated rings. The summed E-state index contributed by atoms with van der Waals surface area (Å²) < 4.78 is 0.704. The van der Waals surface area contributed by atoms with Crippen LogP contribution in [0, 0.1) is 6.92 Å². The molecule has 0 radical (unpaired) electrons. The number of halogens is 1. The maximum atomic E-state index is 9.74. The molecule has 0 aliphatic rings. The number of fused-ring (bicyclic) bond motifs is 1. The third-order valence-electron chi connectivity index (χ3n) is 2.22. The molecule has 0 spiro atoms. The number of aliphatic hydroxyl groups is 1. The van der Waals surface area contributed by atoms with Gasteiger partial charge in [-0.2, -0.15) is 0 Å². The molecule has 0 bridgehead atoms. The zero-order valence-electron chi connectivity index (χ0n) is 8.16. The standard InChI is InChI=1S/C9H11BrN4O/c1-4-12-3-5-7(6(15)2-11)8(10)14-9(5)13-4/h3,6,15H,2,11H2,1H3,(H,12,13,14). The van der Waals surface area contributed by atoms with Crippen molar-refractivity contribution in [2.75, 3.05) is 6.54 Å². The summed E-state index contributed by atoms with van der Waals surface area (Å²) in [5.74, 6) is 0.685. The van der Waals surface area contributed by atoms with Crippen LogP contribution >= 0.6 is 15.9 Å². The van der Waals surface area contributed by atoms with E-state index in [-0.39, 0.29) is 6.54 Å². The van der Waals surface area contributed by atoms with Crippen molar-refractivity contribution in [2.45, 2.75) is 13.0 Å². The molecule has 0 saturated heterocycles. The summed E-state index contributed by atoms with van der Waals surface area (Å²) in [6.45, 7) is 1.98. The minimum absolute atomic E-state index is 0.166. The Morgan fingerprint density at radius 1 is 1.67 bits per heavy atom. The van der Waals surface area contributed by atoms with Crippen LogP contribution in [-0.4, -0.2) is 26.6 Å². The number of nitrogens with zero attached hydrogens (tertiary/aromatic N) is 2. The van der Waals surface area contributed by atoms with Gasteiger partial charge < -0.3 is 15.8 Å². The van der Waals surface area contributed by atoms with Crippen LogP contribution in [0.25, 0.3) is 11.0 Å². The Hall–Kier alpha value is -0.980. The van der Waals surface area contributed by atoms with E-state index in [0.717, 1.165) is 5.39 Å². The molecule has 0 aliphatic carbocycles. The normalized spacial score (nSPS) is 13.3. The molecule has 0 saturated carbocycles. The largest absolute Gasteiger partial charge is 0.387 e. The van der Waals surface area contributed by atoms with E-state index in [4.69, 9.17) is 5.73 Å². The molecule has 0 amide bonds. The van der Waals surface area contributed by atoms with E-state index in [1.165, 1.54) is 0 Å². The second kappa shape index (κ2) is 3.88. The molecule has 15 heavy (non-hydrogen) atoms. The third kappa shape index (κ3) is 1.75. The minimum atomic E-state index is -0.709. The first-order valence-corrected chi connectivity index (χ1v) is 5.31. The van der Waals surface area contributed by atoms with Crippen molar-refractivity contribution < 1.29 is 5.11 Å². The molecule has 80 valence electrons. The first kappa shape index (κ1) is 10.5. The molecule has 2 aromatic heterocycles. The maximum absolute atomic E-state index is 9.74. The van der Waals surface area contributed by atoms with E-state index in [2.05, 4.69) is 30.9 Å². The van der Waals surface area contributed by atoms with Gasteiger partial charge in [-0.1, -0.05) is 0 Å². The quantitative estimate of drug-likeness (QED) is 0.761. The first-order valence-electron chi connectivity index (χ1n) is 4.52. The maximum Gasteiger partial charge on any atom is 0.142 e. The highest BCUT2D eigenvalue weighted by Crippen LogP contribution is 2.29. The highest BCUT2D eigenvalue weighted by atomic mass is 79.9. The molecule has 2 rings (SSSR count). The fraction of sp³-hybridized carbons (Fsp3) is 0.333. The van der Waals surface area contributed by atoms with E-state index in [1.54, 1.807) is 6.20 Å². The number of aromatic amines is 1. The van der Waals surface area contributed by atoms with Gasteiger partial charge in [-0.3, -0.25) is 0 Å². The van der Waals surface area contributed by atoms with Crippen molar-refractivity contribution in [2.24, 2.45) is 5.73 Å². The van der Waals surface area contributed by atoms with Gasteiger partial charge in [0.05, 0.1) is 10.7 Å². The van der Waals surface area contributed by atoms with Gasteiger partial charge in [0, 0.05) is 23.7 Å². The number of aryl methyl sites for hydroxylation is 1. The summed E-state index contributed by atoms with van der Waals surface area (Å²) in [5, 5.41) is 10.5. The van der Waals surface area contributed by atoms with E-state index in [0.29, 0.717) is 21.6 Å². The Bertz CT molecular complexity index is 496. The Morgan fingerprint density at radius 3 is 3.07 bits per heavy atom. The lowest BCUT2D eigenvalue weighted by atomic mass is 10.1. The van der Waals surface area contributed by atoms with E-state index < -0.39 is 6.10 Å². The second-order valence-corrected chi connectivity index (χ2v) is 4.08. The number of hydrogen-bond acceptors (Lipinski definition) is 4. The number of nitrogens with one attached hydrogen (secondary N) is 1. The molecule has 5 nitrogen and oxygen atoms in total. The first-order chi connectivity index (χ1) is 7.13. The van der Waals surface area contributed by atoms with Crippen molar-refractivity contribution in [3.63, 3.8) is 0 Å². The van der Waals surface area contributed by atoms with E-state index >= 15 is 0 Å². The molecule has 0 aliphatic heterocycles. The lowest BCUT2D eigenvalue weighted by Crippen LogP contribution is -2.11. The van der Waals surface area contributed by atoms with Gasteiger partial charge >= 0.3 is 0 Å². The van der Waals surface area contributed by atoms with Crippen LogP contribution in [0.4, 0.5) is 0 Å². The SMILES string of the molecule is Cc1ncc2c(C(O)CN)c(Br)[nH]c2n1. The van der Waals surface area contributed by atoms with Gasteiger partial charge in [0.15, 0.2) is 0 Å². The van der Waals surface area contributed by atoms with Crippen LogP contribution in [0.3, 0.4) is 0 Å². The van der Waals surface area contributed by atoms with E-state index in [1.807, 2.05) is 6.92 Å². The number of nitrogens with two attached hydrogens (primary N) is 1. The fourth-order valence-corrected chi connectivity index (χ4v) is 2.16. The average Bonchev–Trinajstić information content (AvgIpc) is 2.52. The molecule has 2 aromatic rings. The molecular formula is C9H11BrN4O. The van der Waals surface area contributed by atoms with Crippen LogP contribution in [0.1, 0.15) is 17.5 Å². The summed E-state index contributed by atoms with van der Waals surface area (Å²) in [6.07, 6.45) is 0.979. The average molecular weight is 271 g/mol. The Morgan fingerprint density at radius 2 is 2.40 bits per heavy atom. The highest BCUT2D eigenvalue weighted by molar-refractivity contribution is 9.10. The number of aromatic nitrogens is 3. The summed E-state index contributed by atoms with van der Waals surface area (Å²) >= 11 is 3.34. The minimum Gasteiger partial charge on any atom is -0.387 e. The summed E-state index contributed by atoms with van der Waals surface area (Å²) in [4.78, 5) is 11.4. The lowest BCUT2D eigenvalue weighted by molar-refractivity contribution is 0.187. The van der Waals surface area contributed by atoms with Gasteiger partial charge in [0.2, 0.25) is 0 Å². The van der Waals surface area contributed by atoms with Gasteiger partial charge in [-0.25, -0.2) is 9.97 Å².